The molecule has 0 bridgehead atoms. The van der Waals surface area contributed by atoms with Crippen LogP contribution >= 0.6 is 0 Å². The SMILES string of the molecule is COC(=O)c1ccc(F)cc1NC(C)c1cn(C)nc1C. The molecule has 0 saturated carbocycles. The Morgan fingerprint density at radius 2 is 2.19 bits per heavy atom. The van der Waals surface area contributed by atoms with E-state index in [9.17, 15) is 9.18 Å². The molecular formula is C15H18FN3O2. The normalized spacial score (nSPS) is 12.0. The molecule has 0 aliphatic carbocycles. The smallest absolute Gasteiger partial charge is 0.339 e. The van der Waals surface area contributed by atoms with Crippen molar-refractivity contribution in [2.75, 3.05) is 12.4 Å². The van der Waals surface area contributed by atoms with Gasteiger partial charge >= 0.3 is 5.97 Å². The second-order valence-corrected chi connectivity index (χ2v) is 4.89. The molecule has 0 radical (unpaired) electrons. The van der Waals surface area contributed by atoms with Gasteiger partial charge in [0.1, 0.15) is 5.82 Å². The number of anilines is 1. The molecule has 6 heteroatoms. The van der Waals surface area contributed by atoms with E-state index in [0.29, 0.717) is 11.3 Å². The summed E-state index contributed by atoms with van der Waals surface area (Å²) in [7, 11) is 3.13. The molecule has 1 aromatic carbocycles. The van der Waals surface area contributed by atoms with Crippen molar-refractivity contribution >= 4 is 11.7 Å². The van der Waals surface area contributed by atoms with E-state index in [4.69, 9.17) is 4.74 Å². The van der Waals surface area contributed by atoms with Gasteiger partial charge in [0, 0.05) is 18.8 Å². The van der Waals surface area contributed by atoms with E-state index >= 15 is 0 Å². The predicted molar refractivity (Wildman–Crippen MR) is 77.7 cm³/mol. The number of aryl methyl sites for hydroxylation is 2. The van der Waals surface area contributed by atoms with Crippen molar-refractivity contribution < 1.29 is 13.9 Å². The molecule has 0 amide bonds. The molecule has 1 heterocycles. The molecule has 0 aliphatic heterocycles. The van der Waals surface area contributed by atoms with Gasteiger partial charge in [0.25, 0.3) is 0 Å². The second kappa shape index (κ2) is 5.95. The fourth-order valence-electron chi connectivity index (χ4n) is 2.28. The highest BCUT2D eigenvalue weighted by atomic mass is 19.1. The van der Waals surface area contributed by atoms with Gasteiger partial charge in [0.2, 0.25) is 0 Å². The standard InChI is InChI=1S/C15H18FN3O2/c1-9(13-8-19(3)18-10(13)2)17-14-7-11(16)5-6-12(14)15(20)21-4/h5-9,17H,1-4H3. The minimum absolute atomic E-state index is 0.121. The number of nitrogens with zero attached hydrogens (tertiary/aromatic N) is 2. The number of esters is 1. The van der Waals surface area contributed by atoms with Crippen LogP contribution in [-0.2, 0) is 11.8 Å². The Hall–Kier alpha value is -2.37. The zero-order valence-corrected chi connectivity index (χ0v) is 12.5. The number of ether oxygens (including phenoxy) is 1. The van der Waals surface area contributed by atoms with Crippen molar-refractivity contribution in [1.29, 1.82) is 0 Å². The summed E-state index contributed by atoms with van der Waals surface area (Å²) in [6, 6.07) is 3.81. The number of carbonyl (C=O) groups excluding carboxylic acids is 1. The maximum Gasteiger partial charge on any atom is 0.339 e. The van der Waals surface area contributed by atoms with Crippen LogP contribution in [0, 0.1) is 12.7 Å². The van der Waals surface area contributed by atoms with E-state index in [1.807, 2.05) is 27.1 Å². The number of benzene rings is 1. The van der Waals surface area contributed by atoms with Gasteiger partial charge in [0.05, 0.1) is 30.1 Å². The summed E-state index contributed by atoms with van der Waals surface area (Å²) in [5.41, 5.74) is 2.57. The number of hydrogen-bond acceptors (Lipinski definition) is 4. The van der Waals surface area contributed by atoms with Gasteiger partial charge in [-0.25, -0.2) is 9.18 Å². The first-order valence-electron chi connectivity index (χ1n) is 6.57. The third-order valence-electron chi connectivity index (χ3n) is 3.28. The number of methoxy groups -OCH3 is 1. The van der Waals surface area contributed by atoms with Gasteiger partial charge in [0.15, 0.2) is 0 Å². The first kappa shape index (κ1) is 15.0. The van der Waals surface area contributed by atoms with Crippen molar-refractivity contribution in [3.63, 3.8) is 0 Å². The fraction of sp³-hybridized carbons (Fsp3) is 0.333. The molecule has 1 atom stereocenters. The average Bonchev–Trinajstić information content (AvgIpc) is 2.77. The molecule has 1 N–H and O–H groups in total. The van der Waals surface area contributed by atoms with Crippen LogP contribution in [0.1, 0.15) is 34.6 Å². The van der Waals surface area contributed by atoms with Crippen LogP contribution in [-0.4, -0.2) is 22.9 Å². The van der Waals surface area contributed by atoms with Crippen molar-refractivity contribution in [1.82, 2.24) is 9.78 Å². The molecule has 1 unspecified atom stereocenters. The summed E-state index contributed by atoms with van der Waals surface area (Å²) in [6.45, 7) is 3.83. The lowest BCUT2D eigenvalue weighted by Crippen LogP contribution is -2.12. The predicted octanol–water partition coefficient (Wildman–Crippen LogP) is 2.83. The molecule has 2 aromatic rings. The van der Waals surface area contributed by atoms with Gasteiger partial charge in [-0.1, -0.05) is 0 Å². The Morgan fingerprint density at radius 1 is 1.48 bits per heavy atom. The minimum Gasteiger partial charge on any atom is -0.465 e. The zero-order valence-electron chi connectivity index (χ0n) is 12.5. The Balaban J connectivity index is 2.32. The first-order chi connectivity index (χ1) is 9.92. The molecule has 0 fully saturated rings. The average molecular weight is 291 g/mol. The van der Waals surface area contributed by atoms with E-state index < -0.39 is 11.8 Å². The van der Waals surface area contributed by atoms with Gasteiger partial charge in [-0.05, 0) is 32.0 Å². The van der Waals surface area contributed by atoms with Crippen LogP contribution in [0.4, 0.5) is 10.1 Å². The van der Waals surface area contributed by atoms with Crippen LogP contribution in [0.15, 0.2) is 24.4 Å². The molecule has 0 aliphatic rings. The Morgan fingerprint density at radius 3 is 2.76 bits per heavy atom. The highest BCUT2D eigenvalue weighted by Crippen LogP contribution is 2.25. The Bertz CT molecular complexity index is 667. The molecule has 1 aromatic heterocycles. The van der Waals surface area contributed by atoms with Crippen LogP contribution in [0.5, 0.6) is 0 Å². The highest BCUT2D eigenvalue weighted by Gasteiger charge is 2.17. The number of rotatable bonds is 4. The van der Waals surface area contributed by atoms with Crippen molar-refractivity contribution in [2.24, 2.45) is 7.05 Å². The number of aromatic nitrogens is 2. The minimum atomic E-state index is -0.507. The monoisotopic (exact) mass is 291 g/mol. The largest absolute Gasteiger partial charge is 0.465 e. The summed E-state index contributed by atoms with van der Waals surface area (Å²) in [5, 5.41) is 7.42. The van der Waals surface area contributed by atoms with E-state index in [0.717, 1.165) is 11.3 Å². The van der Waals surface area contributed by atoms with Crippen molar-refractivity contribution in [3.8, 4) is 0 Å². The van der Waals surface area contributed by atoms with Gasteiger partial charge in [-0.2, -0.15) is 5.10 Å². The van der Waals surface area contributed by atoms with Crippen LogP contribution in [0.25, 0.3) is 0 Å². The Labute approximate surface area is 122 Å². The summed E-state index contributed by atoms with van der Waals surface area (Å²) in [4.78, 5) is 11.7. The number of hydrogen-bond donors (Lipinski definition) is 1. The Kier molecular flexibility index (Phi) is 4.26. The summed E-state index contributed by atoms with van der Waals surface area (Å²) in [5.74, 6) is -0.923. The maximum absolute atomic E-state index is 13.4. The van der Waals surface area contributed by atoms with Gasteiger partial charge in [-0.15, -0.1) is 0 Å². The molecule has 21 heavy (non-hydrogen) atoms. The van der Waals surface area contributed by atoms with E-state index in [1.165, 1.54) is 25.3 Å². The molecule has 2 rings (SSSR count). The van der Waals surface area contributed by atoms with Crippen LogP contribution in [0.3, 0.4) is 0 Å². The third kappa shape index (κ3) is 3.21. The summed E-state index contributed by atoms with van der Waals surface area (Å²) in [6.07, 6.45) is 1.89. The zero-order chi connectivity index (χ0) is 15.6. The second-order valence-electron chi connectivity index (χ2n) is 4.89. The number of nitrogens with one attached hydrogen (secondary N) is 1. The molecular weight excluding hydrogens is 273 g/mol. The fourth-order valence-corrected chi connectivity index (χ4v) is 2.28. The number of carbonyl (C=O) groups is 1. The number of halogens is 1. The maximum atomic E-state index is 13.4. The van der Waals surface area contributed by atoms with Crippen molar-refractivity contribution in [2.45, 2.75) is 19.9 Å². The summed E-state index contributed by atoms with van der Waals surface area (Å²) < 4.78 is 19.9. The molecule has 5 nitrogen and oxygen atoms in total. The lowest BCUT2D eigenvalue weighted by Gasteiger charge is -2.17. The molecule has 0 spiro atoms. The lowest BCUT2D eigenvalue weighted by atomic mass is 10.1. The van der Waals surface area contributed by atoms with E-state index in [1.54, 1.807) is 4.68 Å². The van der Waals surface area contributed by atoms with Gasteiger partial charge in [-0.3, -0.25) is 4.68 Å². The highest BCUT2D eigenvalue weighted by molar-refractivity contribution is 5.95. The molecule has 0 saturated heterocycles. The van der Waals surface area contributed by atoms with Crippen molar-refractivity contribution in [3.05, 3.63) is 47.0 Å². The molecule has 112 valence electrons. The quantitative estimate of drug-likeness (QED) is 0.880. The third-order valence-corrected chi connectivity index (χ3v) is 3.28. The van der Waals surface area contributed by atoms with Gasteiger partial charge < -0.3 is 10.1 Å². The summed E-state index contributed by atoms with van der Waals surface area (Å²) >= 11 is 0. The van der Waals surface area contributed by atoms with Crippen LogP contribution in [0.2, 0.25) is 0 Å². The first-order valence-corrected chi connectivity index (χ1v) is 6.57. The van der Waals surface area contributed by atoms with Crippen LogP contribution < -0.4 is 5.32 Å². The van der Waals surface area contributed by atoms with E-state index in [-0.39, 0.29) is 6.04 Å². The lowest BCUT2D eigenvalue weighted by molar-refractivity contribution is 0.0601. The topological polar surface area (TPSA) is 56.1 Å². The van der Waals surface area contributed by atoms with E-state index in [2.05, 4.69) is 10.4 Å².